The van der Waals surface area contributed by atoms with Crippen LogP contribution in [0.1, 0.15) is 34.6 Å². The van der Waals surface area contributed by atoms with Crippen LogP contribution in [0, 0.1) is 0 Å². The minimum atomic E-state index is -0.975. The Hall–Kier alpha value is -1.34. The fourth-order valence-electron chi connectivity index (χ4n) is 1.74. The third-order valence-corrected chi connectivity index (χ3v) is 2.53. The molecule has 0 radical (unpaired) electrons. The Balaban J connectivity index is 2.71. The van der Waals surface area contributed by atoms with Gasteiger partial charge in [0.25, 0.3) is 0 Å². The number of esters is 1. The van der Waals surface area contributed by atoms with Crippen LogP contribution < -0.4 is 5.32 Å². The third kappa shape index (κ3) is 4.97. The Kier molecular flexibility index (Phi) is 4.99. The fourth-order valence-corrected chi connectivity index (χ4v) is 1.74. The number of carbonyl (C=O) groups is 2. The molecule has 0 aromatic heterocycles. The van der Waals surface area contributed by atoms with Gasteiger partial charge in [0.1, 0.15) is 11.7 Å². The molecule has 1 aliphatic rings. The van der Waals surface area contributed by atoms with Crippen LogP contribution in [0.2, 0.25) is 0 Å². The molecule has 2 atom stereocenters. The number of methoxy groups -OCH3 is 1. The van der Waals surface area contributed by atoms with Crippen molar-refractivity contribution in [2.75, 3.05) is 13.7 Å². The predicted octanol–water partition coefficient (Wildman–Crippen LogP) is 1.20. The summed E-state index contributed by atoms with van der Waals surface area (Å²) in [5, 5.41) is 2.46. The monoisotopic (exact) mass is 289 g/mol. The molecule has 20 heavy (non-hydrogen) atoms. The molecule has 1 saturated heterocycles. The van der Waals surface area contributed by atoms with E-state index in [0.29, 0.717) is 0 Å². The van der Waals surface area contributed by atoms with Crippen molar-refractivity contribution in [2.45, 2.75) is 58.2 Å². The highest BCUT2D eigenvalue weighted by molar-refractivity contribution is 5.82. The molecule has 0 aromatic carbocycles. The topological polar surface area (TPSA) is 83.1 Å². The number of rotatable bonds is 3. The third-order valence-electron chi connectivity index (χ3n) is 2.53. The van der Waals surface area contributed by atoms with E-state index in [-0.39, 0.29) is 6.61 Å². The lowest BCUT2D eigenvalue weighted by Crippen LogP contribution is -2.51. The summed E-state index contributed by atoms with van der Waals surface area (Å²) in [5.74, 6) is -1.41. The Labute approximate surface area is 118 Å². The van der Waals surface area contributed by atoms with E-state index in [1.54, 1.807) is 34.6 Å². The average molecular weight is 289 g/mol. The van der Waals surface area contributed by atoms with Gasteiger partial charge in [-0.2, -0.15) is 0 Å². The normalized spacial score (nSPS) is 23.0. The van der Waals surface area contributed by atoms with Gasteiger partial charge in [0.15, 0.2) is 11.8 Å². The minimum absolute atomic E-state index is 0.183. The summed E-state index contributed by atoms with van der Waals surface area (Å²) in [7, 11) is 1.24. The molecule has 1 N–H and O–H groups in total. The number of alkyl carbamates (subject to hydrolysis) is 1. The number of nitrogens with one attached hydrogen (secondary N) is 1. The molecule has 0 aliphatic carbocycles. The summed E-state index contributed by atoms with van der Waals surface area (Å²) in [4.78, 5) is 23.6. The Morgan fingerprint density at radius 3 is 2.35 bits per heavy atom. The van der Waals surface area contributed by atoms with Crippen LogP contribution in [0.25, 0.3) is 0 Å². The molecule has 2 unspecified atom stereocenters. The average Bonchev–Trinajstić information content (AvgIpc) is 2.63. The minimum Gasteiger partial charge on any atom is -0.467 e. The van der Waals surface area contributed by atoms with Crippen LogP contribution >= 0.6 is 0 Å². The van der Waals surface area contributed by atoms with Gasteiger partial charge in [-0.1, -0.05) is 0 Å². The first-order valence-corrected chi connectivity index (χ1v) is 6.43. The number of amides is 1. The maximum atomic E-state index is 11.8. The lowest BCUT2D eigenvalue weighted by molar-refractivity contribution is -0.156. The highest BCUT2D eigenvalue weighted by Crippen LogP contribution is 2.24. The molecule has 1 heterocycles. The quantitative estimate of drug-likeness (QED) is 0.786. The van der Waals surface area contributed by atoms with E-state index in [9.17, 15) is 9.59 Å². The van der Waals surface area contributed by atoms with Crippen molar-refractivity contribution in [3.63, 3.8) is 0 Å². The van der Waals surface area contributed by atoms with E-state index in [0.717, 1.165) is 0 Å². The van der Waals surface area contributed by atoms with Crippen molar-refractivity contribution >= 4 is 12.1 Å². The maximum absolute atomic E-state index is 11.8. The molecular formula is C13H23NO6. The van der Waals surface area contributed by atoms with Crippen LogP contribution in [-0.4, -0.2) is 49.3 Å². The summed E-state index contributed by atoms with van der Waals surface area (Å²) in [6, 6.07) is -0.975. The van der Waals surface area contributed by atoms with Crippen molar-refractivity contribution < 1.29 is 28.5 Å². The SMILES string of the molecule is COC(=O)C(NC(=O)OC(C)(C)C)C1COC(C)(C)O1. The fraction of sp³-hybridized carbons (Fsp3) is 0.846. The molecule has 1 amide bonds. The van der Waals surface area contributed by atoms with Crippen LogP contribution in [0.5, 0.6) is 0 Å². The highest BCUT2D eigenvalue weighted by Gasteiger charge is 2.42. The summed E-state index contributed by atoms with van der Waals surface area (Å²) in [6.07, 6.45) is -1.33. The van der Waals surface area contributed by atoms with E-state index in [4.69, 9.17) is 14.2 Å². The smallest absolute Gasteiger partial charge is 0.408 e. The first-order valence-electron chi connectivity index (χ1n) is 6.43. The van der Waals surface area contributed by atoms with Crippen LogP contribution in [0.4, 0.5) is 4.79 Å². The first kappa shape index (κ1) is 16.7. The van der Waals surface area contributed by atoms with Gasteiger partial charge in [-0.05, 0) is 34.6 Å². The van der Waals surface area contributed by atoms with E-state index in [1.807, 2.05) is 0 Å². The van der Waals surface area contributed by atoms with Gasteiger partial charge in [0.2, 0.25) is 0 Å². The van der Waals surface area contributed by atoms with Gasteiger partial charge in [-0.25, -0.2) is 9.59 Å². The van der Waals surface area contributed by atoms with Crippen molar-refractivity contribution in [3.05, 3.63) is 0 Å². The zero-order chi connectivity index (χ0) is 15.6. The number of carbonyl (C=O) groups excluding carboxylic acids is 2. The molecule has 1 aliphatic heterocycles. The first-order chi connectivity index (χ1) is 9.04. The van der Waals surface area contributed by atoms with E-state index < -0.39 is 35.6 Å². The molecule has 116 valence electrons. The van der Waals surface area contributed by atoms with Crippen molar-refractivity contribution in [1.82, 2.24) is 5.32 Å². The largest absolute Gasteiger partial charge is 0.467 e. The molecule has 0 saturated carbocycles. The van der Waals surface area contributed by atoms with Crippen molar-refractivity contribution in [1.29, 1.82) is 0 Å². The molecule has 7 nitrogen and oxygen atoms in total. The summed E-state index contributed by atoms with van der Waals surface area (Å²) in [5.41, 5.74) is -0.656. The highest BCUT2D eigenvalue weighted by atomic mass is 16.7. The second-order valence-corrected chi connectivity index (χ2v) is 6.01. The van der Waals surface area contributed by atoms with Gasteiger partial charge in [0.05, 0.1) is 13.7 Å². The number of ether oxygens (including phenoxy) is 4. The Morgan fingerprint density at radius 2 is 1.95 bits per heavy atom. The maximum Gasteiger partial charge on any atom is 0.408 e. The van der Waals surface area contributed by atoms with Gasteiger partial charge in [-0.3, -0.25) is 0 Å². The lowest BCUT2D eigenvalue weighted by Gasteiger charge is -2.25. The van der Waals surface area contributed by atoms with Gasteiger partial charge >= 0.3 is 12.1 Å². The van der Waals surface area contributed by atoms with Crippen molar-refractivity contribution in [2.24, 2.45) is 0 Å². The lowest BCUT2D eigenvalue weighted by atomic mass is 10.1. The van der Waals surface area contributed by atoms with Gasteiger partial charge in [-0.15, -0.1) is 0 Å². The summed E-state index contributed by atoms with van der Waals surface area (Å²) in [6.45, 7) is 8.85. The summed E-state index contributed by atoms with van der Waals surface area (Å²) < 4.78 is 20.8. The second-order valence-electron chi connectivity index (χ2n) is 6.01. The standard InChI is InChI=1S/C13H23NO6/c1-12(2,3)20-11(16)14-9(10(15)17-6)8-7-18-13(4,5)19-8/h8-9H,7H2,1-6H3,(H,14,16). The zero-order valence-corrected chi connectivity index (χ0v) is 12.8. The number of hydrogen-bond donors (Lipinski definition) is 1. The predicted molar refractivity (Wildman–Crippen MR) is 70.1 cm³/mol. The molecule has 1 fully saturated rings. The van der Waals surface area contributed by atoms with Gasteiger partial charge in [0, 0.05) is 0 Å². The number of hydrogen-bond acceptors (Lipinski definition) is 6. The van der Waals surface area contributed by atoms with E-state index in [1.165, 1.54) is 7.11 Å². The van der Waals surface area contributed by atoms with Gasteiger partial charge < -0.3 is 24.3 Å². The zero-order valence-electron chi connectivity index (χ0n) is 12.8. The molecule has 7 heteroatoms. The summed E-state index contributed by atoms with van der Waals surface area (Å²) >= 11 is 0. The van der Waals surface area contributed by atoms with Crippen LogP contribution in [0.3, 0.4) is 0 Å². The second kappa shape index (κ2) is 5.97. The molecular weight excluding hydrogens is 266 g/mol. The molecule has 1 rings (SSSR count). The van der Waals surface area contributed by atoms with E-state index >= 15 is 0 Å². The Bertz CT molecular complexity index is 374. The van der Waals surface area contributed by atoms with Crippen molar-refractivity contribution in [3.8, 4) is 0 Å². The van der Waals surface area contributed by atoms with E-state index in [2.05, 4.69) is 10.1 Å². The molecule has 0 aromatic rings. The molecule has 0 spiro atoms. The Morgan fingerprint density at radius 1 is 1.35 bits per heavy atom. The molecule has 0 bridgehead atoms. The van der Waals surface area contributed by atoms with Crippen LogP contribution in [0.15, 0.2) is 0 Å². The van der Waals surface area contributed by atoms with Crippen LogP contribution in [-0.2, 0) is 23.7 Å².